The molecule has 2 unspecified atom stereocenters. The van der Waals surface area contributed by atoms with Crippen LogP contribution >= 0.6 is 0 Å². The molecule has 0 radical (unpaired) electrons. The van der Waals surface area contributed by atoms with Crippen molar-refractivity contribution in [1.29, 1.82) is 0 Å². The zero-order valence-electron chi connectivity index (χ0n) is 11.0. The molecular formula is C9H8F9NO2S2. The molecule has 14 heteroatoms. The zero-order valence-corrected chi connectivity index (χ0v) is 12.6. The van der Waals surface area contributed by atoms with E-state index < -0.39 is 57.5 Å². The highest BCUT2D eigenvalue weighted by Gasteiger charge is 2.84. The maximum atomic E-state index is 13.4. The Labute approximate surface area is 128 Å². The van der Waals surface area contributed by atoms with E-state index in [1.54, 1.807) is 0 Å². The largest absolute Gasteiger partial charge is 0.460 e. The molecule has 3 nitrogen and oxygen atoms in total. The van der Waals surface area contributed by atoms with Gasteiger partial charge in [-0.1, -0.05) is 11.6 Å². The van der Waals surface area contributed by atoms with Gasteiger partial charge in [0.05, 0.1) is 5.75 Å². The molecule has 1 rings (SSSR count). The Morgan fingerprint density at radius 3 is 1.91 bits per heavy atom. The number of hydrogen-bond acceptors (Lipinski definition) is 2. The second-order valence-corrected chi connectivity index (χ2v) is 7.50. The van der Waals surface area contributed by atoms with Crippen molar-refractivity contribution in [2.24, 2.45) is 0 Å². The van der Waals surface area contributed by atoms with Gasteiger partial charge < -0.3 is 0 Å². The van der Waals surface area contributed by atoms with Crippen molar-refractivity contribution in [3.8, 4) is 0 Å². The Kier molecular flexibility index (Phi) is 5.35. The number of rotatable bonds is 4. The van der Waals surface area contributed by atoms with Gasteiger partial charge in [0.25, 0.3) is 0 Å². The molecule has 136 valence electrons. The molecule has 0 bridgehead atoms. The van der Waals surface area contributed by atoms with Crippen LogP contribution in [-0.4, -0.2) is 47.7 Å². The predicted molar refractivity (Wildman–Crippen MR) is 62.5 cm³/mol. The summed E-state index contributed by atoms with van der Waals surface area (Å²) in [6, 6.07) is 0. The van der Waals surface area contributed by atoms with Crippen LogP contribution in [0.3, 0.4) is 0 Å². The van der Waals surface area contributed by atoms with Crippen LogP contribution in [0.1, 0.15) is 6.92 Å². The van der Waals surface area contributed by atoms with Crippen LogP contribution in [0.4, 0.5) is 39.5 Å². The fourth-order valence-electron chi connectivity index (χ4n) is 1.38. The average molecular weight is 397 g/mol. The van der Waals surface area contributed by atoms with Gasteiger partial charge in [-0.15, -0.1) is 3.71 Å². The first-order chi connectivity index (χ1) is 10.1. The van der Waals surface area contributed by atoms with E-state index in [4.69, 9.17) is 0 Å². The van der Waals surface area contributed by atoms with Gasteiger partial charge in [-0.05, 0) is 6.92 Å². The summed E-state index contributed by atoms with van der Waals surface area (Å²) < 4.78 is 137. The van der Waals surface area contributed by atoms with Gasteiger partial charge in [0.15, 0.2) is 11.0 Å². The lowest BCUT2D eigenvalue weighted by Gasteiger charge is -2.35. The van der Waals surface area contributed by atoms with E-state index in [2.05, 4.69) is 0 Å². The summed E-state index contributed by atoms with van der Waals surface area (Å²) in [7, 11) is -6.93. The maximum absolute atomic E-state index is 13.4. The SMILES string of the molecule is CC1=CCN(S(=O)C(F)(F)C(F)(F)C(F)(F)C(F)(F)F)S(=O)C1. The molecule has 0 aromatic carbocycles. The molecule has 0 saturated carbocycles. The van der Waals surface area contributed by atoms with Gasteiger partial charge in [-0.3, -0.25) is 0 Å². The van der Waals surface area contributed by atoms with E-state index in [9.17, 15) is 47.9 Å². The van der Waals surface area contributed by atoms with E-state index >= 15 is 0 Å². The van der Waals surface area contributed by atoms with Gasteiger partial charge in [-0.25, -0.2) is 8.42 Å². The quantitative estimate of drug-likeness (QED) is 0.540. The van der Waals surface area contributed by atoms with Crippen molar-refractivity contribution in [2.75, 3.05) is 12.3 Å². The van der Waals surface area contributed by atoms with Crippen molar-refractivity contribution in [1.82, 2.24) is 3.71 Å². The highest BCUT2D eigenvalue weighted by atomic mass is 32.3. The smallest absolute Gasteiger partial charge is 0.241 e. The van der Waals surface area contributed by atoms with Crippen molar-refractivity contribution < 1.29 is 47.9 Å². The molecule has 2 atom stereocenters. The number of alkyl halides is 9. The Morgan fingerprint density at radius 1 is 1.04 bits per heavy atom. The molecule has 0 aromatic rings. The third-order valence-corrected chi connectivity index (χ3v) is 6.11. The fourth-order valence-corrected chi connectivity index (χ4v) is 4.13. The maximum Gasteiger partial charge on any atom is 0.460 e. The minimum absolute atomic E-state index is 0.270. The average Bonchev–Trinajstić information content (AvgIpc) is 2.36. The molecule has 0 amide bonds. The molecule has 1 aliphatic rings. The first-order valence-corrected chi connectivity index (χ1v) is 7.89. The van der Waals surface area contributed by atoms with Crippen molar-refractivity contribution in [3.05, 3.63) is 11.6 Å². The Balaban J connectivity index is 3.24. The molecule has 0 fully saturated rings. The lowest BCUT2D eigenvalue weighted by molar-refractivity contribution is -0.381. The fraction of sp³-hybridized carbons (Fsp3) is 0.778. The molecule has 23 heavy (non-hydrogen) atoms. The summed E-state index contributed by atoms with van der Waals surface area (Å²) in [5.74, 6) is -14.6. The Morgan fingerprint density at radius 2 is 1.52 bits per heavy atom. The monoisotopic (exact) mass is 397 g/mol. The second kappa shape index (κ2) is 6.02. The first kappa shape index (κ1) is 20.4. The number of halogens is 9. The second-order valence-electron chi connectivity index (χ2n) is 4.44. The van der Waals surface area contributed by atoms with E-state index in [1.165, 1.54) is 6.92 Å². The summed E-state index contributed by atoms with van der Waals surface area (Å²) >= 11 is 0. The van der Waals surface area contributed by atoms with E-state index in [0.717, 1.165) is 6.08 Å². The lowest BCUT2D eigenvalue weighted by Crippen LogP contribution is -2.64. The van der Waals surface area contributed by atoms with Crippen LogP contribution in [0.5, 0.6) is 0 Å². The van der Waals surface area contributed by atoms with Crippen LogP contribution in [0.15, 0.2) is 11.6 Å². The minimum Gasteiger partial charge on any atom is -0.241 e. The normalized spacial score (nSPS) is 23.6. The van der Waals surface area contributed by atoms with Crippen molar-refractivity contribution in [2.45, 2.75) is 30.2 Å². The number of hydrogen-bond donors (Lipinski definition) is 0. The highest BCUT2D eigenvalue weighted by molar-refractivity contribution is 7.98. The number of nitrogens with zero attached hydrogens (tertiary/aromatic N) is 1. The molecule has 0 saturated heterocycles. The Bertz CT molecular complexity index is 558. The van der Waals surface area contributed by atoms with Crippen molar-refractivity contribution in [3.63, 3.8) is 0 Å². The van der Waals surface area contributed by atoms with Crippen LogP contribution in [0.2, 0.25) is 0 Å². The van der Waals surface area contributed by atoms with E-state index in [0.29, 0.717) is 5.57 Å². The predicted octanol–water partition coefficient (Wildman–Crippen LogP) is 3.00. The minimum atomic E-state index is -7.14. The third-order valence-electron chi connectivity index (χ3n) is 2.69. The molecule has 0 spiro atoms. The van der Waals surface area contributed by atoms with Gasteiger partial charge in [0.2, 0.25) is 0 Å². The summed E-state index contributed by atoms with van der Waals surface area (Å²) in [4.78, 5) is 0. The van der Waals surface area contributed by atoms with Crippen LogP contribution < -0.4 is 0 Å². The molecule has 1 heterocycles. The van der Waals surface area contributed by atoms with Gasteiger partial charge >= 0.3 is 23.3 Å². The highest BCUT2D eigenvalue weighted by Crippen LogP contribution is 2.54. The van der Waals surface area contributed by atoms with Gasteiger partial charge in [0, 0.05) is 6.54 Å². The van der Waals surface area contributed by atoms with Gasteiger partial charge in [-0.2, -0.15) is 39.5 Å². The van der Waals surface area contributed by atoms with Crippen LogP contribution in [0.25, 0.3) is 0 Å². The van der Waals surface area contributed by atoms with Crippen LogP contribution in [-0.2, 0) is 22.0 Å². The first-order valence-electron chi connectivity index (χ1n) is 5.51. The van der Waals surface area contributed by atoms with Crippen LogP contribution in [0, 0.1) is 0 Å². The standard InChI is InChI=1S/C9H8F9NO2S2/c1-5-2-3-19(22(20)4-5)23(21)9(17,18)7(12,13)6(10,11)8(14,15)16/h2H,3-4H2,1H3. The summed E-state index contributed by atoms with van der Waals surface area (Å²) in [6.45, 7) is 0.539. The topological polar surface area (TPSA) is 37.4 Å². The summed E-state index contributed by atoms with van der Waals surface area (Å²) in [5.41, 5.74) is 0.354. The summed E-state index contributed by atoms with van der Waals surface area (Å²) in [5, 5.41) is -6.30. The zero-order chi connectivity index (χ0) is 18.4. The third kappa shape index (κ3) is 3.29. The van der Waals surface area contributed by atoms with Gasteiger partial charge in [0.1, 0.15) is 11.0 Å². The molecule has 0 aliphatic carbocycles. The molecule has 0 aromatic heterocycles. The van der Waals surface area contributed by atoms with E-state index in [1.807, 2.05) is 0 Å². The summed E-state index contributed by atoms with van der Waals surface area (Å²) in [6.07, 6.45) is -5.95. The van der Waals surface area contributed by atoms with E-state index in [-0.39, 0.29) is 3.71 Å². The van der Waals surface area contributed by atoms with Crippen molar-refractivity contribution >= 4 is 22.0 Å². The lowest BCUT2D eigenvalue weighted by atomic mass is 10.1. The molecular weight excluding hydrogens is 389 g/mol. The molecule has 1 aliphatic heterocycles. The molecule has 0 N–H and O–H groups in total. The Hall–Kier alpha value is -0.630.